The van der Waals surface area contributed by atoms with Gasteiger partial charge in [0.15, 0.2) is 5.76 Å². The van der Waals surface area contributed by atoms with Gasteiger partial charge in [0.1, 0.15) is 11.6 Å². The molecule has 5 aromatic rings. The zero-order valence-electron chi connectivity index (χ0n) is 18.2. The second-order valence-electron chi connectivity index (χ2n) is 7.77. The van der Waals surface area contributed by atoms with Gasteiger partial charge in [-0.15, -0.1) is 0 Å². The van der Waals surface area contributed by atoms with Crippen molar-refractivity contribution in [3.8, 4) is 22.8 Å². The van der Waals surface area contributed by atoms with E-state index in [-0.39, 0.29) is 29.7 Å². The van der Waals surface area contributed by atoms with Crippen LogP contribution in [0.15, 0.2) is 88.2 Å². The molecule has 0 radical (unpaired) electrons. The molecule has 0 aliphatic carbocycles. The van der Waals surface area contributed by atoms with Crippen LogP contribution in [-0.4, -0.2) is 32.8 Å². The van der Waals surface area contributed by atoms with E-state index < -0.39 is 0 Å². The molecule has 0 aliphatic heterocycles. The summed E-state index contributed by atoms with van der Waals surface area (Å²) in [7, 11) is 1.63. The van der Waals surface area contributed by atoms with Gasteiger partial charge in [-0.25, -0.2) is 14.4 Å². The minimum atomic E-state index is -0.343. The van der Waals surface area contributed by atoms with Gasteiger partial charge < -0.3 is 14.3 Å². The number of oxazole rings is 1. The second kappa shape index (κ2) is 8.74. The lowest BCUT2D eigenvalue weighted by atomic mass is 10.1. The Morgan fingerprint density at radius 2 is 1.76 bits per heavy atom. The van der Waals surface area contributed by atoms with Gasteiger partial charge in [0.25, 0.3) is 11.5 Å². The van der Waals surface area contributed by atoms with Crippen LogP contribution in [0.25, 0.3) is 33.7 Å². The Morgan fingerprint density at radius 3 is 2.59 bits per heavy atom. The van der Waals surface area contributed by atoms with Crippen LogP contribution in [0.3, 0.4) is 0 Å². The van der Waals surface area contributed by atoms with Gasteiger partial charge in [0, 0.05) is 18.2 Å². The first-order valence-electron chi connectivity index (χ1n) is 10.5. The maximum atomic E-state index is 13.3. The van der Waals surface area contributed by atoms with E-state index in [9.17, 15) is 14.0 Å². The number of hydrogen-bond acceptors (Lipinski definition) is 5. The van der Waals surface area contributed by atoms with Crippen molar-refractivity contribution in [1.29, 1.82) is 0 Å². The maximum Gasteiger partial charge on any atom is 0.258 e. The van der Waals surface area contributed by atoms with Crippen molar-refractivity contribution < 1.29 is 13.6 Å². The number of aromatic nitrogens is 3. The Bertz CT molecular complexity index is 1560. The van der Waals surface area contributed by atoms with E-state index in [1.807, 2.05) is 0 Å². The molecule has 8 heteroatoms. The first kappa shape index (κ1) is 21.3. The number of carbonyl (C=O) groups is 1. The Kier molecular flexibility index (Phi) is 5.47. The van der Waals surface area contributed by atoms with Crippen LogP contribution in [0.2, 0.25) is 0 Å². The molecule has 1 N–H and O–H groups in total. The number of carbonyl (C=O) groups excluding carboxylic acids is 1. The molecule has 0 bridgehead atoms. The third kappa shape index (κ3) is 4.09. The number of halogens is 1. The number of aromatic amines is 1. The lowest BCUT2D eigenvalue weighted by Gasteiger charge is -2.18. The zero-order chi connectivity index (χ0) is 23.7. The first-order chi connectivity index (χ1) is 16.5. The molecular weight excluding hydrogens is 435 g/mol. The molecule has 0 unspecified atom stereocenters. The standard InChI is InChI=1S/C26H19FN4O3/c1-31(15-23-29-21-9-5-4-8-20(21)24(32)30-23)26(33)19-7-3-2-6-18(19)25-28-14-22(34-25)16-10-12-17(27)13-11-16/h2-14H,15H2,1H3,(H,29,30,32). The summed E-state index contributed by atoms with van der Waals surface area (Å²) in [6.45, 7) is 0.111. The van der Waals surface area contributed by atoms with Gasteiger partial charge in [0.05, 0.1) is 29.2 Å². The number of hydrogen-bond donors (Lipinski definition) is 1. The fourth-order valence-corrected chi connectivity index (χ4v) is 3.71. The molecule has 0 atom stereocenters. The highest BCUT2D eigenvalue weighted by Crippen LogP contribution is 2.29. The molecule has 2 heterocycles. The molecule has 1 amide bonds. The molecule has 3 aromatic carbocycles. The molecule has 0 aliphatic rings. The van der Waals surface area contributed by atoms with E-state index in [4.69, 9.17) is 4.42 Å². The van der Waals surface area contributed by atoms with Crippen LogP contribution in [0, 0.1) is 5.82 Å². The van der Waals surface area contributed by atoms with Crippen molar-refractivity contribution in [3.63, 3.8) is 0 Å². The summed E-state index contributed by atoms with van der Waals surface area (Å²) in [5, 5.41) is 0.492. The van der Waals surface area contributed by atoms with Gasteiger partial charge in [-0.05, 0) is 48.5 Å². The van der Waals surface area contributed by atoms with E-state index in [1.54, 1.807) is 67.7 Å². The second-order valence-corrected chi connectivity index (χ2v) is 7.77. The first-order valence-corrected chi connectivity index (χ1v) is 10.5. The van der Waals surface area contributed by atoms with Gasteiger partial charge in [-0.2, -0.15) is 0 Å². The quantitative estimate of drug-likeness (QED) is 0.417. The fraction of sp³-hybridized carbons (Fsp3) is 0.0769. The topological polar surface area (TPSA) is 92.1 Å². The third-order valence-corrected chi connectivity index (χ3v) is 5.42. The summed E-state index contributed by atoms with van der Waals surface area (Å²) in [4.78, 5) is 38.7. The van der Waals surface area contributed by atoms with Crippen LogP contribution in [0.4, 0.5) is 4.39 Å². The zero-order valence-corrected chi connectivity index (χ0v) is 18.2. The molecule has 0 fully saturated rings. The number of nitrogens with one attached hydrogen (secondary N) is 1. The summed E-state index contributed by atoms with van der Waals surface area (Å²) in [5.41, 5.74) is 1.89. The third-order valence-electron chi connectivity index (χ3n) is 5.42. The molecule has 168 valence electrons. The predicted molar refractivity (Wildman–Crippen MR) is 125 cm³/mol. The van der Waals surface area contributed by atoms with Crippen molar-refractivity contribution >= 4 is 16.8 Å². The van der Waals surface area contributed by atoms with Crippen molar-refractivity contribution in [3.05, 3.63) is 107 Å². The SMILES string of the molecule is CN(Cc1nc2ccccc2c(=O)[nH]1)C(=O)c1ccccc1-c1ncc(-c2ccc(F)cc2)o1. The predicted octanol–water partition coefficient (Wildman–Crippen LogP) is 4.66. The van der Waals surface area contributed by atoms with E-state index in [0.717, 1.165) is 0 Å². The van der Waals surface area contributed by atoms with Gasteiger partial charge in [-0.1, -0.05) is 24.3 Å². The summed E-state index contributed by atoms with van der Waals surface area (Å²) < 4.78 is 19.1. The normalized spacial score (nSPS) is 11.0. The number of para-hydroxylation sites is 1. The Hall–Kier alpha value is -4.59. The van der Waals surface area contributed by atoms with E-state index >= 15 is 0 Å². The minimum absolute atomic E-state index is 0.111. The Balaban J connectivity index is 1.42. The smallest absolute Gasteiger partial charge is 0.258 e. The molecule has 0 saturated carbocycles. The molecular formula is C26H19FN4O3. The summed E-state index contributed by atoms with van der Waals surface area (Å²) in [6, 6.07) is 19.9. The number of benzene rings is 3. The highest BCUT2D eigenvalue weighted by Gasteiger charge is 2.20. The highest BCUT2D eigenvalue weighted by molar-refractivity contribution is 5.99. The summed E-state index contributed by atoms with van der Waals surface area (Å²) in [6.07, 6.45) is 1.54. The average molecular weight is 454 g/mol. The van der Waals surface area contributed by atoms with Crippen molar-refractivity contribution in [2.75, 3.05) is 7.05 Å². The van der Waals surface area contributed by atoms with Crippen molar-refractivity contribution in [2.24, 2.45) is 0 Å². The van der Waals surface area contributed by atoms with Gasteiger partial charge in [0.2, 0.25) is 5.89 Å². The Labute approximate surface area is 193 Å². The van der Waals surface area contributed by atoms with E-state index in [2.05, 4.69) is 15.0 Å². The van der Waals surface area contributed by atoms with Crippen LogP contribution in [-0.2, 0) is 6.54 Å². The lowest BCUT2D eigenvalue weighted by molar-refractivity contribution is 0.0782. The van der Waals surface area contributed by atoms with Crippen LogP contribution >= 0.6 is 0 Å². The number of rotatable bonds is 5. The van der Waals surface area contributed by atoms with E-state index in [0.29, 0.717) is 39.2 Å². The highest BCUT2D eigenvalue weighted by atomic mass is 19.1. The summed E-state index contributed by atoms with van der Waals surface area (Å²) >= 11 is 0. The minimum Gasteiger partial charge on any atom is -0.436 e. The number of amides is 1. The number of H-pyrrole nitrogens is 1. The fourth-order valence-electron chi connectivity index (χ4n) is 3.71. The molecule has 34 heavy (non-hydrogen) atoms. The van der Waals surface area contributed by atoms with Crippen LogP contribution in [0.1, 0.15) is 16.2 Å². The molecule has 0 spiro atoms. The average Bonchev–Trinajstić information content (AvgIpc) is 3.34. The Morgan fingerprint density at radius 1 is 1.03 bits per heavy atom. The van der Waals surface area contributed by atoms with Crippen molar-refractivity contribution in [2.45, 2.75) is 6.54 Å². The van der Waals surface area contributed by atoms with Gasteiger partial charge >= 0.3 is 0 Å². The largest absolute Gasteiger partial charge is 0.436 e. The molecule has 2 aromatic heterocycles. The molecule has 7 nitrogen and oxygen atoms in total. The monoisotopic (exact) mass is 454 g/mol. The van der Waals surface area contributed by atoms with Gasteiger partial charge in [-0.3, -0.25) is 9.59 Å². The van der Waals surface area contributed by atoms with Crippen LogP contribution in [0.5, 0.6) is 0 Å². The van der Waals surface area contributed by atoms with Crippen LogP contribution < -0.4 is 5.56 Å². The summed E-state index contributed by atoms with van der Waals surface area (Å²) in [5.74, 6) is 0.488. The molecule has 0 saturated heterocycles. The number of fused-ring (bicyclic) bond motifs is 1. The lowest BCUT2D eigenvalue weighted by Crippen LogP contribution is -2.28. The molecule has 5 rings (SSSR count). The van der Waals surface area contributed by atoms with E-state index in [1.165, 1.54) is 23.2 Å². The van der Waals surface area contributed by atoms with Crippen molar-refractivity contribution in [1.82, 2.24) is 19.9 Å². The number of nitrogens with zero attached hydrogens (tertiary/aromatic N) is 3. The maximum absolute atomic E-state index is 13.3.